The van der Waals surface area contributed by atoms with Gasteiger partial charge in [-0.2, -0.15) is 0 Å². The van der Waals surface area contributed by atoms with Crippen LogP contribution in [0.2, 0.25) is 0 Å². The van der Waals surface area contributed by atoms with Gasteiger partial charge in [0.15, 0.2) is 0 Å². The molecule has 0 bridgehead atoms. The van der Waals surface area contributed by atoms with Gasteiger partial charge in [0, 0.05) is 38.6 Å². The molecule has 1 saturated heterocycles. The fraction of sp³-hybridized carbons (Fsp3) is 0.455. The zero-order valence-electron chi connectivity index (χ0n) is 11.5. The molecule has 1 fully saturated rings. The van der Waals surface area contributed by atoms with E-state index in [4.69, 9.17) is 0 Å². The summed E-state index contributed by atoms with van der Waals surface area (Å²) in [7, 11) is 0. The van der Waals surface area contributed by atoms with Crippen LogP contribution in [0, 0.1) is 0 Å². The molecule has 0 amide bonds. The molecule has 4 nitrogen and oxygen atoms in total. The van der Waals surface area contributed by atoms with E-state index in [-0.39, 0.29) is 57.9 Å². The molecule has 0 radical (unpaired) electrons. The number of aromatic nitrogens is 2. The summed E-state index contributed by atoms with van der Waals surface area (Å²) in [5.74, 6) is 0.626. The molecule has 0 atom stereocenters. The van der Waals surface area contributed by atoms with Gasteiger partial charge in [0.25, 0.3) is 0 Å². The van der Waals surface area contributed by atoms with Crippen molar-refractivity contribution in [2.75, 3.05) is 37.6 Å². The molecular weight excluding hydrogens is 295 g/mol. The Morgan fingerprint density at radius 1 is 1.15 bits per heavy atom. The molecule has 104 valence electrons. The fourth-order valence-electron chi connectivity index (χ4n) is 1.95. The minimum atomic E-state index is -4.93. The number of nitrogens with zero attached hydrogens (tertiary/aromatic N) is 4. The van der Waals surface area contributed by atoms with Crippen LogP contribution in [0.3, 0.4) is 0 Å². The zero-order chi connectivity index (χ0) is 13.9. The number of piperazine rings is 1. The number of anilines is 1. The molecule has 2 heterocycles. The van der Waals surface area contributed by atoms with Crippen LogP contribution in [-0.4, -0.2) is 54.6 Å². The Labute approximate surface area is 158 Å². The number of hydrogen-bond acceptors (Lipinski definition) is 4. The Balaban J connectivity index is 0.00000200. The van der Waals surface area contributed by atoms with Crippen LogP contribution in [0.1, 0.15) is 0 Å². The van der Waals surface area contributed by atoms with E-state index in [1.807, 2.05) is 4.90 Å². The average molecular weight is 310 g/mol. The molecule has 20 heavy (non-hydrogen) atoms. The summed E-state index contributed by atoms with van der Waals surface area (Å²) in [4.78, 5) is 12.0. The van der Waals surface area contributed by atoms with Crippen LogP contribution in [0.15, 0.2) is 30.5 Å². The molecule has 2 rings (SSSR count). The Kier molecular flexibility index (Phi) is 7.16. The second-order valence-electron chi connectivity index (χ2n) is 4.54. The quantitative estimate of drug-likeness (QED) is 0.637. The molecule has 0 aliphatic carbocycles. The third-order valence-corrected chi connectivity index (χ3v) is 3.10. The van der Waals surface area contributed by atoms with Gasteiger partial charge in [0.1, 0.15) is 0 Å². The predicted octanol–water partition coefficient (Wildman–Crippen LogP) is -1.45. The van der Waals surface area contributed by atoms with Gasteiger partial charge < -0.3 is 17.8 Å². The zero-order valence-corrected chi connectivity index (χ0v) is 14.6. The first-order valence-corrected chi connectivity index (χ1v) is 6.09. The van der Waals surface area contributed by atoms with Crippen molar-refractivity contribution in [3.05, 3.63) is 30.5 Å². The van der Waals surface area contributed by atoms with E-state index in [1.165, 1.54) is 0 Å². The summed E-state index contributed by atoms with van der Waals surface area (Å²) in [5, 5.41) is 0. The molecule has 1 aliphatic rings. The van der Waals surface area contributed by atoms with Crippen molar-refractivity contribution in [2.45, 2.75) is 0 Å². The first-order chi connectivity index (χ1) is 8.97. The number of rotatable bonds is 4. The Morgan fingerprint density at radius 2 is 1.70 bits per heavy atom. The topological polar surface area (TPSA) is 32.3 Å². The molecule has 0 aromatic carbocycles. The van der Waals surface area contributed by atoms with E-state index in [1.54, 1.807) is 23.4 Å². The maximum Gasteiger partial charge on any atom is 1.00 e. The maximum atomic E-state index is 12.5. The Hall–Kier alpha value is 0.0713. The van der Waals surface area contributed by atoms with Crippen molar-refractivity contribution in [2.24, 2.45) is 0 Å². The summed E-state index contributed by atoms with van der Waals surface area (Å²) in [5.41, 5.74) is -0.635. The van der Waals surface area contributed by atoms with Gasteiger partial charge in [-0.25, -0.2) is 9.97 Å². The fourth-order valence-corrected chi connectivity index (χ4v) is 1.95. The van der Waals surface area contributed by atoms with Gasteiger partial charge in [-0.05, 0) is 12.6 Å². The van der Waals surface area contributed by atoms with Gasteiger partial charge in [-0.1, -0.05) is 0 Å². The Bertz CT molecular complexity index is 435. The molecular formula is C11H15BF3KN4. The largest absolute Gasteiger partial charge is 1.00 e. The van der Waals surface area contributed by atoms with Crippen LogP contribution in [0.4, 0.5) is 18.9 Å². The van der Waals surface area contributed by atoms with Crippen LogP contribution in [0.5, 0.6) is 0 Å². The van der Waals surface area contributed by atoms with E-state index in [9.17, 15) is 12.9 Å². The third-order valence-electron chi connectivity index (χ3n) is 3.10. The molecule has 1 aromatic rings. The van der Waals surface area contributed by atoms with E-state index in [0.717, 1.165) is 0 Å². The molecule has 0 unspecified atom stereocenters. The summed E-state index contributed by atoms with van der Waals surface area (Å²) >= 11 is 0. The molecule has 0 N–H and O–H groups in total. The van der Waals surface area contributed by atoms with Crippen molar-refractivity contribution in [3.63, 3.8) is 0 Å². The van der Waals surface area contributed by atoms with Gasteiger partial charge >= 0.3 is 58.4 Å². The molecule has 1 aromatic heterocycles. The molecule has 0 spiro atoms. The summed E-state index contributed by atoms with van der Waals surface area (Å²) in [6.45, 7) is 0.455. The van der Waals surface area contributed by atoms with Crippen LogP contribution in [-0.2, 0) is 0 Å². The van der Waals surface area contributed by atoms with Crippen molar-refractivity contribution >= 4 is 12.9 Å². The first-order valence-electron chi connectivity index (χ1n) is 6.09. The van der Waals surface area contributed by atoms with Gasteiger partial charge in [0.2, 0.25) is 5.95 Å². The number of hydrogen-bond donors (Lipinski definition) is 0. The minimum Gasteiger partial charge on any atom is -0.445 e. The monoisotopic (exact) mass is 310 g/mol. The minimum absolute atomic E-state index is 0. The van der Waals surface area contributed by atoms with E-state index in [2.05, 4.69) is 16.5 Å². The van der Waals surface area contributed by atoms with Crippen molar-refractivity contribution < 1.29 is 64.3 Å². The standard InChI is InChI=1S/C11H15BF3N4.K/c1-10(12(13,14)15)9-18-5-7-19(8-6-18)11-16-3-2-4-17-11;/h2-4H,1,5-9H2;/q-1;+1. The summed E-state index contributed by atoms with van der Waals surface area (Å²) in [6, 6.07) is 1.73. The third kappa shape index (κ3) is 5.12. The van der Waals surface area contributed by atoms with E-state index >= 15 is 0 Å². The first kappa shape index (κ1) is 18.1. The molecule has 9 heteroatoms. The number of halogens is 3. The van der Waals surface area contributed by atoms with Gasteiger partial charge in [-0.15, -0.1) is 12.1 Å². The van der Waals surface area contributed by atoms with Crippen LogP contribution < -0.4 is 56.3 Å². The smallest absolute Gasteiger partial charge is 0.445 e. The van der Waals surface area contributed by atoms with Crippen LogP contribution in [0.25, 0.3) is 0 Å². The predicted molar refractivity (Wildman–Crippen MR) is 68.9 cm³/mol. The van der Waals surface area contributed by atoms with Gasteiger partial charge in [-0.3, -0.25) is 4.90 Å². The molecule has 0 saturated carbocycles. The van der Waals surface area contributed by atoms with Crippen LogP contribution >= 0.6 is 0 Å². The average Bonchev–Trinajstić information content (AvgIpc) is 2.39. The normalized spacial score (nSPS) is 16.6. The van der Waals surface area contributed by atoms with Crippen molar-refractivity contribution in [3.8, 4) is 0 Å². The summed E-state index contributed by atoms with van der Waals surface area (Å²) in [6.07, 6.45) is 3.31. The SMILES string of the molecule is C=C(CN1CCN(c2ncccn2)CC1)[B-](F)(F)F.[K+]. The van der Waals surface area contributed by atoms with Crippen molar-refractivity contribution in [1.82, 2.24) is 14.9 Å². The van der Waals surface area contributed by atoms with E-state index in [0.29, 0.717) is 32.1 Å². The van der Waals surface area contributed by atoms with Crippen molar-refractivity contribution in [1.29, 1.82) is 0 Å². The summed E-state index contributed by atoms with van der Waals surface area (Å²) < 4.78 is 37.4. The molecule has 1 aliphatic heterocycles. The van der Waals surface area contributed by atoms with Gasteiger partial charge in [0.05, 0.1) is 0 Å². The maximum absolute atomic E-state index is 12.5. The second kappa shape index (κ2) is 7.90. The second-order valence-corrected chi connectivity index (χ2v) is 4.54. The Morgan fingerprint density at radius 3 is 2.20 bits per heavy atom. The van der Waals surface area contributed by atoms with E-state index < -0.39 is 12.4 Å².